The van der Waals surface area contributed by atoms with Gasteiger partial charge in [-0.05, 0) is 48.2 Å². The topological polar surface area (TPSA) is 120 Å². The summed E-state index contributed by atoms with van der Waals surface area (Å²) < 4.78 is 24.0. The van der Waals surface area contributed by atoms with E-state index >= 15 is 0 Å². The van der Waals surface area contributed by atoms with Gasteiger partial charge in [0.25, 0.3) is 5.91 Å². The van der Waals surface area contributed by atoms with Crippen molar-refractivity contribution in [3.8, 4) is 0 Å². The number of nitrogens with two attached hydrogens (primary N) is 1. The molecule has 4 rings (SSSR count). The lowest BCUT2D eigenvalue weighted by Crippen LogP contribution is -2.15. The molecule has 0 saturated heterocycles. The van der Waals surface area contributed by atoms with Gasteiger partial charge in [0.05, 0.1) is 21.6 Å². The van der Waals surface area contributed by atoms with Crippen LogP contribution in [-0.4, -0.2) is 29.2 Å². The number of fused-ring (bicyclic) bond motifs is 3. The Labute approximate surface area is 146 Å². The van der Waals surface area contributed by atoms with Gasteiger partial charge in [-0.15, -0.1) is 0 Å². The molecule has 1 atom stereocenters. The average Bonchev–Trinajstić information content (AvgIpc) is 3.09. The van der Waals surface area contributed by atoms with Crippen LogP contribution in [0.25, 0.3) is 11.0 Å². The molecule has 3 aromatic rings. The third-order valence-electron chi connectivity index (χ3n) is 3.62. The highest BCUT2D eigenvalue weighted by Gasteiger charge is 2.34. The first-order valence-corrected chi connectivity index (χ1v) is 9.58. The second-order valence-corrected chi connectivity index (χ2v) is 7.89. The normalized spacial score (nSPS) is 17.5. The number of imidazole rings is 1. The van der Waals surface area contributed by atoms with Gasteiger partial charge in [-0.2, -0.15) is 10.2 Å². The first-order chi connectivity index (χ1) is 11.9. The molecule has 0 radical (unpaired) electrons. The highest BCUT2D eigenvalue weighted by atomic mass is 32.2. The summed E-state index contributed by atoms with van der Waals surface area (Å²) in [6, 6.07) is 13.0. The van der Waals surface area contributed by atoms with Crippen LogP contribution in [0.1, 0.15) is 4.79 Å². The Morgan fingerprint density at radius 3 is 2.56 bits per heavy atom. The van der Waals surface area contributed by atoms with Gasteiger partial charge in [-0.1, -0.05) is 12.1 Å². The van der Waals surface area contributed by atoms with Crippen molar-refractivity contribution in [2.45, 2.75) is 15.4 Å². The minimum absolute atomic E-state index is 0.00984. The van der Waals surface area contributed by atoms with Crippen LogP contribution in [0.15, 0.2) is 68.8 Å². The standard InChI is InChI=1S/C15H11N5O3S2/c16-25(22,23)10-7-5-9(6-8-10)18-19-13-14(21)20-12-4-2-1-3-11(12)17-15(20)24-13/h1-8,13H,(H2,16,22,23)/t13-/m1/s1. The molecule has 10 heteroatoms. The fraction of sp³-hybridized carbons (Fsp3) is 0.0667. The fourth-order valence-corrected chi connectivity index (χ4v) is 3.91. The molecule has 1 aliphatic rings. The summed E-state index contributed by atoms with van der Waals surface area (Å²) in [6.07, 6.45) is 0. The molecule has 0 spiro atoms. The molecule has 126 valence electrons. The first kappa shape index (κ1) is 15.9. The van der Waals surface area contributed by atoms with Crippen molar-refractivity contribution in [3.63, 3.8) is 0 Å². The van der Waals surface area contributed by atoms with Crippen LogP contribution in [0.2, 0.25) is 0 Å². The van der Waals surface area contributed by atoms with Gasteiger partial charge in [-0.3, -0.25) is 9.36 Å². The summed E-state index contributed by atoms with van der Waals surface area (Å²) in [5.74, 6) is -0.210. The SMILES string of the molecule is NS(=O)(=O)c1ccc(N=N[C@@H]2Sc3nc4ccccc4n3C2=O)cc1. The molecule has 0 fully saturated rings. The predicted molar refractivity (Wildman–Crippen MR) is 92.3 cm³/mol. The van der Waals surface area contributed by atoms with Gasteiger partial charge in [0, 0.05) is 0 Å². The van der Waals surface area contributed by atoms with Gasteiger partial charge in [-0.25, -0.2) is 18.5 Å². The number of hydrogen-bond donors (Lipinski definition) is 1. The number of benzene rings is 2. The van der Waals surface area contributed by atoms with E-state index in [2.05, 4.69) is 15.2 Å². The molecule has 0 bridgehead atoms. The van der Waals surface area contributed by atoms with Crippen LogP contribution >= 0.6 is 11.8 Å². The van der Waals surface area contributed by atoms with Gasteiger partial charge in [0.15, 0.2) is 5.16 Å². The number of carbonyl (C=O) groups is 1. The lowest BCUT2D eigenvalue weighted by molar-refractivity contribution is 0.0915. The molecule has 2 heterocycles. The van der Waals surface area contributed by atoms with Crippen molar-refractivity contribution in [2.24, 2.45) is 15.4 Å². The molecule has 0 aliphatic carbocycles. The third-order valence-corrected chi connectivity index (χ3v) is 5.56. The summed E-state index contributed by atoms with van der Waals surface area (Å²) in [5, 5.41) is 13.0. The summed E-state index contributed by atoms with van der Waals surface area (Å²) in [5.41, 5.74) is 1.92. The molecule has 25 heavy (non-hydrogen) atoms. The molecule has 1 aromatic heterocycles. The van der Waals surface area contributed by atoms with Gasteiger partial charge < -0.3 is 0 Å². The predicted octanol–water partition coefficient (Wildman–Crippen LogP) is 2.54. The van der Waals surface area contributed by atoms with Crippen molar-refractivity contribution >= 4 is 44.4 Å². The Morgan fingerprint density at radius 1 is 1.12 bits per heavy atom. The number of para-hydroxylation sites is 2. The van der Waals surface area contributed by atoms with Crippen LogP contribution in [0, 0.1) is 0 Å². The molecular weight excluding hydrogens is 362 g/mol. The van der Waals surface area contributed by atoms with Crippen molar-refractivity contribution in [2.75, 3.05) is 0 Å². The molecule has 1 aliphatic heterocycles. The van der Waals surface area contributed by atoms with E-state index in [-0.39, 0.29) is 10.8 Å². The highest BCUT2D eigenvalue weighted by molar-refractivity contribution is 8.00. The van der Waals surface area contributed by atoms with Crippen LogP contribution in [-0.2, 0) is 10.0 Å². The van der Waals surface area contributed by atoms with Crippen molar-refractivity contribution in [1.82, 2.24) is 9.55 Å². The first-order valence-electron chi connectivity index (χ1n) is 7.15. The minimum atomic E-state index is -3.75. The van der Waals surface area contributed by atoms with E-state index in [1.165, 1.54) is 40.6 Å². The van der Waals surface area contributed by atoms with E-state index in [1.807, 2.05) is 24.3 Å². The Balaban J connectivity index is 1.57. The number of thioether (sulfide) groups is 1. The molecule has 2 aromatic carbocycles. The quantitative estimate of drug-likeness (QED) is 0.707. The molecule has 2 N–H and O–H groups in total. The summed E-state index contributed by atoms with van der Waals surface area (Å²) in [4.78, 5) is 16.9. The molecule has 8 nitrogen and oxygen atoms in total. The number of azo groups is 1. The zero-order valence-electron chi connectivity index (χ0n) is 12.6. The molecule has 0 amide bonds. The smallest absolute Gasteiger partial charge is 0.270 e. The van der Waals surface area contributed by atoms with Crippen molar-refractivity contribution < 1.29 is 13.2 Å². The number of aromatic nitrogens is 2. The molecule has 0 unspecified atom stereocenters. The third kappa shape index (κ3) is 2.84. The van der Waals surface area contributed by atoms with Crippen molar-refractivity contribution in [3.05, 3.63) is 48.5 Å². The van der Waals surface area contributed by atoms with E-state index in [0.29, 0.717) is 10.8 Å². The number of sulfonamides is 1. The summed E-state index contributed by atoms with van der Waals surface area (Å²) >= 11 is 1.22. The van der Waals surface area contributed by atoms with Gasteiger partial charge >= 0.3 is 0 Å². The van der Waals surface area contributed by atoms with E-state index in [4.69, 9.17) is 5.14 Å². The summed E-state index contributed by atoms with van der Waals surface area (Å²) in [7, 11) is -3.75. The number of carbonyl (C=O) groups excluding carboxylic acids is 1. The van der Waals surface area contributed by atoms with Crippen LogP contribution < -0.4 is 5.14 Å². The Morgan fingerprint density at radius 2 is 1.84 bits per heavy atom. The number of primary sulfonamides is 1. The number of hydrogen-bond acceptors (Lipinski definition) is 7. The second-order valence-electron chi connectivity index (χ2n) is 5.28. The minimum Gasteiger partial charge on any atom is -0.270 e. The lowest BCUT2D eigenvalue weighted by Gasteiger charge is -2.01. The van der Waals surface area contributed by atoms with Gasteiger partial charge in [0.2, 0.25) is 15.4 Å². The zero-order valence-corrected chi connectivity index (χ0v) is 14.2. The molecule has 0 saturated carbocycles. The monoisotopic (exact) mass is 373 g/mol. The lowest BCUT2D eigenvalue weighted by atomic mass is 10.3. The molecular formula is C15H11N5O3S2. The van der Waals surface area contributed by atoms with Crippen LogP contribution in [0.3, 0.4) is 0 Å². The summed E-state index contributed by atoms with van der Waals surface area (Å²) in [6.45, 7) is 0. The highest BCUT2D eigenvalue weighted by Crippen LogP contribution is 2.36. The van der Waals surface area contributed by atoms with E-state index in [1.54, 1.807) is 0 Å². The van der Waals surface area contributed by atoms with Crippen LogP contribution in [0.4, 0.5) is 5.69 Å². The van der Waals surface area contributed by atoms with Crippen molar-refractivity contribution in [1.29, 1.82) is 0 Å². The van der Waals surface area contributed by atoms with E-state index in [0.717, 1.165) is 11.0 Å². The van der Waals surface area contributed by atoms with Crippen LogP contribution in [0.5, 0.6) is 0 Å². The fourth-order valence-electron chi connectivity index (χ4n) is 2.45. The number of nitrogens with zero attached hydrogens (tertiary/aromatic N) is 4. The van der Waals surface area contributed by atoms with E-state index in [9.17, 15) is 13.2 Å². The largest absolute Gasteiger partial charge is 0.270 e. The van der Waals surface area contributed by atoms with Gasteiger partial charge in [0.1, 0.15) is 0 Å². The van der Waals surface area contributed by atoms with E-state index < -0.39 is 15.4 Å². The maximum Gasteiger partial charge on any atom is 0.270 e. The maximum absolute atomic E-state index is 12.5. The Hall–Kier alpha value is -2.56. The maximum atomic E-state index is 12.5. The second kappa shape index (κ2) is 5.76. The Kier molecular flexibility index (Phi) is 3.67. The average molecular weight is 373 g/mol. The zero-order chi connectivity index (χ0) is 17.6. The number of rotatable bonds is 3. The Bertz CT molecular complexity index is 1120.